The average molecular weight is 481 g/mol. The van der Waals surface area contributed by atoms with Crippen molar-refractivity contribution in [2.24, 2.45) is 0 Å². The van der Waals surface area contributed by atoms with Crippen LogP contribution in [-0.4, -0.2) is 42.0 Å². The summed E-state index contributed by atoms with van der Waals surface area (Å²) in [5.74, 6) is 0.142. The number of carbonyl (C=O) groups excluding carboxylic acids is 1. The molecule has 1 aromatic heterocycles. The first-order chi connectivity index (χ1) is 17.0. The van der Waals surface area contributed by atoms with Crippen molar-refractivity contribution in [3.8, 4) is 5.88 Å². The normalized spacial score (nSPS) is 17.3. The number of pyridine rings is 1. The van der Waals surface area contributed by atoms with E-state index in [0.29, 0.717) is 23.7 Å². The van der Waals surface area contributed by atoms with Crippen molar-refractivity contribution in [3.05, 3.63) is 100 Å². The Hall–Kier alpha value is -3.51. The molecule has 0 aliphatic carbocycles. The van der Waals surface area contributed by atoms with Gasteiger partial charge in [-0.1, -0.05) is 50.3 Å². The van der Waals surface area contributed by atoms with Gasteiger partial charge in [0, 0.05) is 43.1 Å². The van der Waals surface area contributed by atoms with Gasteiger partial charge < -0.3 is 14.7 Å². The molecular formula is C29H37FN2O3. The molecule has 1 aromatic carbocycles. The molecule has 6 heteroatoms. The van der Waals surface area contributed by atoms with Crippen LogP contribution in [0.2, 0.25) is 0 Å². The third kappa shape index (κ3) is 7.23. The lowest BCUT2D eigenvalue weighted by molar-refractivity contribution is -0.106. The molecule has 0 fully saturated rings. The number of aldehydes is 1. The zero-order valence-electron chi connectivity index (χ0n) is 21.8. The number of allylic oxidation sites excluding steroid dienone is 7. The van der Waals surface area contributed by atoms with Gasteiger partial charge in [0.25, 0.3) is 0 Å². The van der Waals surface area contributed by atoms with E-state index in [1.807, 2.05) is 63.8 Å². The third-order valence-corrected chi connectivity index (χ3v) is 5.51. The van der Waals surface area contributed by atoms with Gasteiger partial charge in [-0.3, -0.25) is 4.79 Å². The van der Waals surface area contributed by atoms with E-state index in [9.17, 15) is 9.18 Å². The summed E-state index contributed by atoms with van der Waals surface area (Å²) in [4.78, 5) is 18.7. The van der Waals surface area contributed by atoms with Gasteiger partial charge in [-0.15, -0.1) is 0 Å². The van der Waals surface area contributed by atoms with Crippen molar-refractivity contribution in [1.29, 1.82) is 0 Å². The number of aromatic nitrogens is 1. The lowest BCUT2D eigenvalue weighted by Gasteiger charge is -2.30. The molecule has 2 heterocycles. The van der Waals surface area contributed by atoms with E-state index >= 15 is 0 Å². The van der Waals surface area contributed by atoms with E-state index in [4.69, 9.17) is 9.84 Å². The maximum Gasteiger partial charge on any atom is 0.221 e. The van der Waals surface area contributed by atoms with E-state index in [0.717, 1.165) is 41.3 Å². The Kier molecular flexibility index (Phi) is 13.0. The first-order valence-corrected chi connectivity index (χ1v) is 11.6. The van der Waals surface area contributed by atoms with Gasteiger partial charge in [-0.2, -0.15) is 0 Å². The smallest absolute Gasteiger partial charge is 0.221 e. The number of ether oxygens (including phenoxy) is 1. The Morgan fingerprint density at radius 3 is 2.40 bits per heavy atom. The summed E-state index contributed by atoms with van der Waals surface area (Å²) in [6, 6.07) is 10.3. The highest BCUT2D eigenvalue weighted by Gasteiger charge is 2.24. The van der Waals surface area contributed by atoms with Gasteiger partial charge in [0.1, 0.15) is 5.82 Å². The topological polar surface area (TPSA) is 62.7 Å². The molecular weight excluding hydrogens is 443 g/mol. The van der Waals surface area contributed by atoms with Crippen LogP contribution >= 0.6 is 0 Å². The van der Waals surface area contributed by atoms with Gasteiger partial charge in [0.15, 0.2) is 6.29 Å². The van der Waals surface area contributed by atoms with Gasteiger partial charge >= 0.3 is 0 Å². The maximum atomic E-state index is 14.4. The molecule has 3 rings (SSSR count). The van der Waals surface area contributed by atoms with E-state index in [-0.39, 0.29) is 12.4 Å². The van der Waals surface area contributed by atoms with Crippen LogP contribution in [0.3, 0.4) is 0 Å². The second-order valence-electron chi connectivity index (χ2n) is 7.32. The van der Waals surface area contributed by atoms with Crippen molar-refractivity contribution in [2.75, 3.05) is 20.8 Å². The standard InChI is InChI=1S/C26H27FN2O2.C2H6.CH4O/c1-5-9-20-13-15-29(16-21-10-6-7-12-23(21)27)24(17-30)25(19(3)18(20)2)22-11-8-14-28-26(22)31-4;2*1-2/h5-14,17H,15-16H2,1-4H3;1-2H3;2H,1H3/b9-5-,19-18+,20-13-,25-24?;;. The van der Waals surface area contributed by atoms with E-state index in [1.165, 1.54) is 6.07 Å². The highest BCUT2D eigenvalue weighted by molar-refractivity contribution is 5.95. The molecule has 1 N–H and O–H groups in total. The van der Waals surface area contributed by atoms with Crippen LogP contribution in [-0.2, 0) is 11.3 Å². The molecule has 2 aromatic rings. The minimum Gasteiger partial charge on any atom is -0.481 e. The highest BCUT2D eigenvalue weighted by atomic mass is 19.1. The van der Waals surface area contributed by atoms with E-state index < -0.39 is 0 Å². The minimum absolute atomic E-state index is 0.263. The fourth-order valence-corrected chi connectivity index (χ4v) is 3.79. The molecule has 0 unspecified atom stereocenters. The molecule has 0 bridgehead atoms. The van der Waals surface area contributed by atoms with Crippen LogP contribution in [0, 0.1) is 5.82 Å². The Balaban J connectivity index is 0.00000145. The summed E-state index contributed by atoms with van der Waals surface area (Å²) >= 11 is 0. The van der Waals surface area contributed by atoms with Gasteiger partial charge in [-0.05, 0) is 55.7 Å². The SMILES string of the molecule is CC.CO.C\C=C/C1=C/CN(Cc2ccccc2F)C(C=O)=C(c2cccnc2OC)\C(C)=C\1C. The van der Waals surface area contributed by atoms with E-state index in [1.54, 1.807) is 31.5 Å². The number of halogens is 1. The fraction of sp³-hybridized carbons (Fsp3) is 0.310. The maximum absolute atomic E-state index is 14.4. The second kappa shape index (κ2) is 15.4. The largest absolute Gasteiger partial charge is 0.481 e. The second-order valence-corrected chi connectivity index (χ2v) is 7.32. The number of aliphatic hydroxyl groups excluding tert-OH is 1. The van der Waals surface area contributed by atoms with Crippen molar-refractivity contribution < 1.29 is 19.0 Å². The van der Waals surface area contributed by atoms with Crippen LogP contribution in [0.25, 0.3) is 5.57 Å². The molecule has 0 radical (unpaired) electrons. The van der Waals surface area contributed by atoms with Gasteiger partial charge in [-0.25, -0.2) is 9.37 Å². The number of nitrogens with zero attached hydrogens (tertiary/aromatic N) is 2. The van der Waals surface area contributed by atoms with Crippen LogP contribution < -0.4 is 4.74 Å². The number of rotatable bonds is 6. The number of benzene rings is 1. The molecule has 0 saturated carbocycles. The molecule has 0 saturated heterocycles. The lowest BCUT2D eigenvalue weighted by Crippen LogP contribution is -2.27. The van der Waals surface area contributed by atoms with Crippen molar-refractivity contribution in [3.63, 3.8) is 0 Å². The van der Waals surface area contributed by atoms with Gasteiger partial charge in [0.2, 0.25) is 5.88 Å². The molecule has 188 valence electrons. The number of carbonyl (C=O) groups is 1. The summed E-state index contributed by atoms with van der Waals surface area (Å²) in [5.41, 5.74) is 5.53. The lowest BCUT2D eigenvalue weighted by atomic mass is 9.89. The quantitative estimate of drug-likeness (QED) is 0.504. The first kappa shape index (κ1) is 29.5. The fourth-order valence-electron chi connectivity index (χ4n) is 3.79. The summed E-state index contributed by atoms with van der Waals surface area (Å²) in [7, 11) is 2.56. The Bertz CT molecular complexity index is 1100. The molecule has 0 atom stereocenters. The van der Waals surface area contributed by atoms with Crippen molar-refractivity contribution in [2.45, 2.75) is 41.2 Å². The summed E-state index contributed by atoms with van der Waals surface area (Å²) in [5, 5.41) is 7.00. The monoisotopic (exact) mass is 480 g/mol. The number of hydrogen-bond acceptors (Lipinski definition) is 5. The number of methoxy groups -OCH3 is 1. The zero-order valence-corrected chi connectivity index (χ0v) is 21.8. The van der Waals surface area contributed by atoms with Gasteiger partial charge in [0.05, 0.1) is 12.8 Å². The van der Waals surface area contributed by atoms with Crippen molar-refractivity contribution in [1.82, 2.24) is 9.88 Å². The summed E-state index contributed by atoms with van der Waals surface area (Å²) < 4.78 is 19.9. The molecule has 0 spiro atoms. The molecule has 1 aliphatic rings. The van der Waals surface area contributed by atoms with Crippen LogP contribution in [0.4, 0.5) is 4.39 Å². The van der Waals surface area contributed by atoms with Crippen LogP contribution in [0.1, 0.15) is 45.7 Å². The molecule has 5 nitrogen and oxygen atoms in total. The number of hydrogen-bond donors (Lipinski definition) is 1. The summed E-state index contributed by atoms with van der Waals surface area (Å²) in [6.07, 6.45) is 8.60. The highest BCUT2D eigenvalue weighted by Crippen LogP contribution is 2.37. The Labute approximate surface area is 209 Å². The average Bonchev–Trinajstić information content (AvgIpc) is 2.91. The van der Waals surface area contributed by atoms with Crippen LogP contribution in [0.15, 0.2) is 83.2 Å². The predicted molar refractivity (Wildman–Crippen MR) is 141 cm³/mol. The predicted octanol–water partition coefficient (Wildman–Crippen LogP) is 6.13. The molecule has 35 heavy (non-hydrogen) atoms. The minimum atomic E-state index is -0.295. The summed E-state index contributed by atoms with van der Waals surface area (Å²) in [6.45, 7) is 10.7. The van der Waals surface area contributed by atoms with Crippen LogP contribution in [0.5, 0.6) is 5.88 Å². The first-order valence-electron chi connectivity index (χ1n) is 11.6. The number of aliphatic hydroxyl groups is 1. The zero-order chi connectivity index (χ0) is 26.4. The molecule has 1 aliphatic heterocycles. The van der Waals surface area contributed by atoms with Crippen molar-refractivity contribution >= 4 is 11.9 Å². The Morgan fingerprint density at radius 2 is 1.80 bits per heavy atom. The Morgan fingerprint density at radius 1 is 1.11 bits per heavy atom. The third-order valence-electron chi connectivity index (χ3n) is 5.51. The van der Waals surface area contributed by atoms with E-state index in [2.05, 4.69) is 11.1 Å². The molecule has 0 amide bonds.